The van der Waals surface area contributed by atoms with Crippen molar-refractivity contribution in [2.24, 2.45) is 0 Å². The first-order valence-electron chi connectivity index (χ1n) is 9.16. The molecule has 1 atom stereocenters. The van der Waals surface area contributed by atoms with E-state index >= 15 is 0 Å². The van der Waals surface area contributed by atoms with Gasteiger partial charge < -0.3 is 14.5 Å². The fraction of sp³-hybridized carbons (Fsp3) is 0.400. The Labute approximate surface area is 162 Å². The SMILES string of the molecule is COC1C(=O)N(c2cccc(F)c2)C12CCN(C(=O)c1cnc(C)cn1)CC2. The third-order valence-electron chi connectivity index (χ3n) is 5.60. The summed E-state index contributed by atoms with van der Waals surface area (Å²) in [5.74, 6) is -0.761. The van der Waals surface area contributed by atoms with Crippen LogP contribution in [0, 0.1) is 12.7 Å². The van der Waals surface area contributed by atoms with Crippen LogP contribution in [0.3, 0.4) is 0 Å². The average molecular weight is 384 g/mol. The number of hydrogen-bond acceptors (Lipinski definition) is 5. The molecule has 2 fully saturated rings. The van der Waals surface area contributed by atoms with Crippen molar-refractivity contribution in [2.45, 2.75) is 31.4 Å². The maximum atomic E-state index is 13.7. The number of piperidine rings is 1. The Balaban J connectivity index is 1.54. The number of aromatic nitrogens is 2. The molecule has 2 saturated heterocycles. The van der Waals surface area contributed by atoms with Gasteiger partial charge in [-0.2, -0.15) is 0 Å². The largest absolute Gasteiger partial charge is 0.369 e. The van der Waals surface area contributed by atoms with E-state index in [4.69, 9.17) is 4.74 Å². The van der Waals surface area contributed by atoms with E-state index in [1.807, 2.05) is 6.92 Å². The van der Waals surface area contributed by atoms with E-state index in [0.717, 1.165) is 5.69 Å². The van der Waals surface area contributed by atoms with Crippen LogP contribution in [0.2, 0.25) is 0 Å². The Morgan fingerprint density at radius 3 is 2.61 bits per heavy atom. The number of β-lactam (4-membered cyclic amide) rings is 1. The normalized spacial score (nSPS) is 21.0. The average Bonchev–Trinajstić information content (AvgIpc) is 2.69. The summed E-state index contributed by atoms with van der Waals surface area (Å²) >= 11 is 0. The molecule has 2 aliphatic rings. The number of amides is 2. The van der Waals surface area contributed by atoms with Crippen molar-refractivity contribution in [2.75, 3.05) is 25.1 Å². The molecule has 0 N–H and O–H groups in total. The van der Waals surface area contributed by atoms with E-state index in [0.29, 0.717) is 37.3 Å². The number of carbonyl (C=O) groups excluding carboxylic acids is 2. The number of methoxy groups -OCH3 is 1. The highest BCUT2D eigenvalue weighted by molar-refractivity contribution is 6.07. The fourth-order valence-electron chi connectivity index (χ4n) is 4.19. The van der Waals surface area contributed by atoms with E-state index in [2.05, 4.69) is 9.97 Å². The Morgan fingerprint density at radius 1 is 1.25 bits per heavy atom. The van der Waals surface area contributed by atoms with Crippen molar-refractivity contribution in [3.8, 4) is 0 Å². The Morgan fingerprint density at radius 2 is 2.00 bits per heavy atom. The highest BCUT2D eigenvalue weighted by Gasteiger charge is 2.62. The molecule has 2 amide bonds. The third-order valence-corrected chi connectivity index (χ3v) is 5.60. The van der Waals surface area contributed by atoms with Crippen LogP contribution in [0.25, 0.3) is 0 Å². The van der Waals surface area contributed by atoms with Crippen molar-refractivity contribution in [1.82, 2.24) is 14.9 Å². The zero-order chi connectivity index (χ0) is 19.9. The lowest BCUT2D eigenvalue weighted by Crippen LogP contribution is -2.78. The summed E-state index contributed by atoms with van der Waals surface area (Å²) < 4.78 is 19.2. The van der Waals surface area contributed by atoms with Crippen LogP contribution in [-0.4, -0.2) is 58.5 Å². The molecule has 3 heterocycles. The third kappa shape index (κ3) is 2.84. The van der Waals surface area contributed by atoms with Gasteiger partial charge in [0, 0.05) is 32.1 Å². The zero-order valence-corrected chi connectivity index (χ0v) is 15.8. The van der Waals surface area contributed by atoms with Crippen molar-refractivity contribution in [1.29, 1.82) is 0 Å². The Kier molecular flexibility index (Phi) is 4.58. The van der Waals surface area contributed by atoms with Gasteiger partial charge in [-0.25, -0.2) is 9.37 Å². The molecule has 1 aromatic heterocycles. The summed E-state index contributed by atoms with van der Waals surface area (Å²) in [5.41, 5.74) is 0.991. The first kappa shape index (κ1) is 18.5. The van der Waals surface area contributed by atoms with Crippen LogP contribution in [0.5, 0.6) is 0 Å². The molecule has 0 bridgehead atoms. The van der Waals surface area contributed by atoms with Crippen LogP contribution in [0.1, 0.15) is 29.0 Å². The van der Waals surface area contributed by atoms with Crippen LogP contribution >= 0.6 is 0 Å². The van der Waals surface area contributed by atoms with Gasteiger partial charge in [-0.3, -0.25) is 14.6 Å². The number of benzene rings is 1. The van der Waals surface area contributed by atoms with Gasteiger partial charge >= 0.3 is 0 Å². The summed E-state index contributed by atoms with van der Waals surface area (Å²) in [6, 6.07) is 6.00. The Hall–Kier alpha value is -2.87. The summed E-state index contributed by atoms with van der Waals surface area (Å²) in [5, 5.41) is 0. The minimum atomic E-state index is -0.591. The van der Waals surface area contributed by atoms with Gasteiger partial charge in [0.25, 0.3) is 11.8 Å². The number of nitrogens with zero attached hydrogens (tertiary/aromatic N) is 4. The first-order valence-corrected chi connectivity index (χ1v) is 9.16. The van der Waals surface area contributed by atoms with Gasteiger partial charge in [0.05, 0.1) is 17.4 Å². The highest BCUT2D eigenvalue weighted by atomic mass is 19.1. The second-order valence-corrected chi connectivity index (χ2v) is 7.21. The molecule has 1 spiro atoms. The molecule has 4 rings (SSSR count). The maximum absolute atomic E-state index is 13.7. The summed E-state index contributed by atoms with van der Waals surface area (Å²) in [6.07, 6.45) is 3.53. The number of aryl methyl sites for hydroxylation is 1. The maximum Gasteiger partial charge on any atom is 0.274 e. The molecule has 0 aliphatic carbocycles. The smallest absolute Gasteiger partial charge is 0.274 e. The van der Waals surface area contributed by atoms with E-state index < -0.39 is 17.5 Å². The Bertz CT molecular complexity index is 910. The molecule has 1 unspecified atom stereocenters. The number of ether oxygens (including phenoxy) is 1. The minimum Gasteiger partial charge on any atom is -0.369 e. The molecule has 2 aliphatic heterocycles. The number of halogens is 1. The number of anilines is 1. The number of rotatable bonds is 3. The van der Waals surface area contributed by atoms with Crippen molar-refractivity contribution < 1.29 is 18.7 Å². The second-order valence-electron chi connectivity index (χ2n) is 7.21. The predicted molar refractivity (Wildman–Crippen MR) is 99.3 cm³/mol. The van der Waals surface area contributed by atoms with Gasteiger partial charge in [-0.05, 0) is 38.0 Å². The van der Waals surface area contributed by atoms with Gasteiger partial charge in [-0.15, -0.1) is 0 Å². The van der Waals surface area contributed by atoms with E-state index in [-0.39, 0.29) is 11.8 Å². The first-order chi connectivity index (χ1) is 13.5. The van der Waals surface area contributed by atoms with Crippen molar-refractivity contribution >= 4 is 17.5 Å². The highest BCUT2D eigenvalue weighted by Crippen LogP contribution is 2.45. The number of likely N-dealkylation sites (tertiary alicyclic amines) is 1. The standard InChI is InChI=1S/C20H21FN4O3/c1-13-11-23-16(12-22-13)18(26)24-8-6-20(7-9-24)17(28-2)19(27)25(20)15-5-3-4-14(21)10-15/h3-5,10-12,17H,6-9H2,1-2H3. The molecule has 1 aromatic carbocycles. The lowest BCUT2D eigenvalue weighted by atomic mass is 9.72. The van der Waals surface area contributed by atoms with E-state index in [1.165, 1.54) is 25.4 Å². The predicted octanol–water partition coefficient (Wildman–Crippen LogP) is 1.96. The fourth-order valence-corrected chi connectivity index (χ4v) is 4.19. The van der Waals surface area contributed by atoms with Crippen molar-refractivity contribution in [3.63, 3.8) is 0 Å². The topological polar surface area (TPSA) is 75.6 Å². The molecule has 7 nitrogen and oxygen atoms in total. The van der Waals surface area contributed by atoms with Crippen molar-refractivity contribution in [3.05, 3.63) is 53.9 Å². The lowest BCUT2D eigenvalue weighted by Gasteiger charge is -2.59. The van der Waals surface area contributed by atoms with Gasteiger partial charge in [-0.1, -0.05) is 6.07 Å². The zero-order valence-electron chi connectivity index (χ0n) is 15.8. The molecule has 28 heavy (non-hydrogen) atoms. The summed E-state index contributed by atoms with van der Waals surface area (Å²) in [6.45, 7) is 2.71. The van der Waals surface area contributed by atoms with E-state index in [1.54, 1.807) is 28.1 Å². The van der Waals surface area contributed by atoms with Gasteiger partial charge in [0.1, 0.15) is 11.5 Å². The lowest BCUT2D eigenvalue weighted by molar-refractivity contribution is -0.150. The van der Waals surface area contributed by atoms with Gasteiger partial charge in [0.2, 0.25) is 0 Å². The quantitative estimate of drug-likeness (QED) is 0.757. The van der Waals surface area contributed by atoms with Gasteiger partial charge in [0.15, 0.2) is 6.10 Å². The molecule has 2 aromatic rings. The number of hydrogen-bond donors (Lipinski definition) is 0. The van der Waals surface area contributed by atoms with E-state index in [9.17, 15) is 14.0 Å². The molecule has 0 saturated carbocycles. The van der Waals surface area contributed by atoms with Crippen LogP contribution in [0.4, 0.5) is 10.1 Å². The second kappa shape index (κ2) is 6.94. The molecule has 146 valence electrons. The molecular weight excluding hydrogens is 363 g/mol. The molecule has 0 radical (unpaired) electrons. The van der Waals surface area contributed by atoms with Crippen LogP contribution in [0.15, 0.2) is 36.7 Å². The number of carbonyl (C=O) groups is 2. The van der Waals surface area contributed by atoms with Crippen LogP contribution in [-0.2, 0) is 9.53 Å². The minimum absolute atomic E-state index is 0.181. The summed E-state index contributed by atoms with van der Waals surface area (Å²) in [4.78, 5) is 36.9. The van der Waals surface area contributed by atoms with Crippen LogP contribution < -0.4 is 4.90 Å². The molecular formula is C20H21FN4O3. The molecule has 8 heteroatoms. The summed E-state index contributed by atoms with van der Waals surface area (Å²) in [7, 11) is 1.51. The monoisotopic (exact) mass is 384 g/mol.